The summed E-state index contributed by atoms with van der Waals surface area (Å²) in [5, 5.41) is 0.756. The number of hydrogen-bond donors (Lipinski definition) is 2. The highest BCUT2D eigenvalue weighted by Gasteiger charge is 2.21. The second-order valence-corrected chi connectivity index (χ2v) is 8.53. The number of anilines is 2. The third-order valence-corrected chi connectivity index (χ3v) is 6.78. The molecule has 0 bridgehead atoms. The van der Waals surface area contributed by atoms with Crippen molar-refractivity contribution in [1.29, 1.82) is 0 Å². The Hall–Kier alpha value is -2.98. The summed E-state index contributed by atoms with van der Waals surface area (Å²) in [4.78, 5) is 14.2. The molecule has 0 radical (unpaired) electrons. The van der Waals surface area contributed by atoms with E-state index in [2.05, 4.69) is 25.9 Å². The summed E-state index contributed by atoms with van der Waals surface area (Å²) in [6, 6.07) is 11.7. The van der Waals surface area contributed by atoms with Gasteiger partial charge < -0.3 is 25.5 Å². The van der Waals surface area contributed by atoms with Crippen molar-refractivity contribution in [3.8, 4) is 11.5 Å². The van der Waals surface area contributed by atoms with Crippen molar-refractivity contribution in [2.45, 2.75) is 23.0 Å². The first-order valence-corrected chi connectivity index (χ1v) is 10.8. The maximum atomic E-state index is 6.12. The van der Waals surface area contributed by atoms with E-state index in [1.165, 1.54) is 18.1 Å². The standard InChI is InChI=1S/C20H17BrN6O2S/c21-12-7-14-15(29-10-28-14)8-16(12)30-20-26-17-18(23)24-9-25-19(17)27(20)6-5-11-3-1-2-4-13(11)22/h1-4,7-9H,5-6,10,22H2,(H2,23,24,25). The number of aromatic nitrogens is 4. The molecule has 2 aromatic heterocycles. The number of halogens is 1. The SMILES string of the molecule is Nc1ccccc1CCn1c(Sc2cc3c(cc2Br)OCO3)nc2c(N)ncnc21. The van der Waals surface area contributed by atoms with Crippen LogP contribution in [0.1, 0.15) is 5.56 Å². The minimum atomic E-state index is 0.221. The van der Waals surface area contributed by atoms with E-state index in [0.29, 0.717) is 29.3 Å². The molecule has 0 fully saturated rings. The summed E-state index contributed by atoms with van der Waals surface area (Å²) in [5.74, 6) is 1.78. The molecule has 0 atom stereocenters. The minimum Gasteiger partial charge on any atom is -0.454 e. The number of rotatable bonds is 5. The lowest BCUT2D eigenvalue weighted by atomic mass is 10.1. The molecule has 30 heavy (non-hydrogen) atoms. The molecule has 3 heterocycles. The van der Waals surface area contributed by atoms with Gasteiger partial charge in [0.15, 0.2) is 33.6 Å². The zero-order valence-corrected chi connectivity index (χ0v) is 18.1. The van der Waals surface area contributed by atoms with Crippen molar-refractivity contribution >= 4 is 50.4 Å². The number of fused-ring (bicyclic) bond motifs is 2. The maximum Gasteiger partial charge on any atom is 0.231 e. The summed E-state index contributed by atoms with van der Waals surface area (Å²) in [5.41, 5.74) is 15.3. The Morgan fingerprint density at radius 2 is 1.90 bits per heavy atom. The molecule has 10 heteroatoms. The zero-order valence-electron chi connectivity index (χ0n) is 15.7. The second kappa shape index (κ2) is 7.69. The number of aryl methyl sites for hydroxylation is 2. The highest BCUT2D eigenvalue weighted by molar-refractivity contribution is 9.10. The van der Waals surface area contributed by atoms with Crippen molar-refractivity contribution in [2.75, 3.05) is 18.3 Å². The van der Waals surface area contributed by atoms with Crippen LogP contribution in [0.25, 0.3) is 11.2 Å². The Balaban J connectivity index is 1.54. The molecule has 152 valence electrons. The van der Waals surface area contributed by atoms with Crippen LogP contribution in [0, 0.1) is 0 Å². The lowest BCUT2D eigenvalue weighted by molar-refractivity contribution is 0.174. The van der Waals surface area contributed by atoms with Crippen molar-refractivity contribution in [1.82, 2.24) is 19.5 Å². The summed E-state index contributed by atoms with van der Waals surface area (Å²) in [6.07, 6.45) is 2.19. The number of para-hydroxylation sites is 1. The van der Waals surface area contributed by atoms with Crippen molar-refractivity contribution < 1.29 is 9.47 Å². The van der Waals surface area contributed by atoms with Gasteiger partial charge in [0.25, 0.3) is 0 Å². The lowest BCUT2D eigenvalue weighted by Crippen LogP contribution is -2.06. The molecule has 0 amide bonds. The average Bonchev–Trinajstić information content (AvgIpc) is 3.32. The summed E-state index contributed by atoms with van der Waals surface area (Å²) in [7, 11) is 0. The normalized spacial score (nSPS) is 12.6. The van der Waals surface area contributed by atoms with Crippen LogP contribution in [-0.2, 0) is 13.0 Å². The van der Waals surface area contributed by atoms with Gasteiger partial charge in [0.2, 0.25) is 6.79 Å². The third kappa shape index (κ3) is 3.41. The number of nitrogens with zero attached hydrogens (tertiary/aromatic N) is 4. The van der Waals surface area contributed by atoms with E-state index in [1.807, 2.05) is 41.0 Å². The van der Waals surface area contributed by atoms with Gasteiger partial charge in [0, 0.05) is 21.6 Å². The number of hydrogen-bond acceptors (Lipinski definition) is 8. The zero-order chi connectivity index (χ0) is 20.7. The van der Waals surface area contributed by atoms with E-state index in [4.69, 9.17) is 25.9 Å². The smallest absolute Gasteiger partial charge is 0.231 e. The van der Waals surface area contributed by atoms with Gasteiger partial charge in [-0.3, -0.25) is 0 Å². The van der Waals surface area contributed by atoms with Crippen LogP contribution in [-0.4, -0.2) is 26.3 Å². The predicted octanol–water partition coefficient (Wildman–Crippen LogP) is 3.88. The van der Waals surface area contributed by atoms with Gasteiger partial charge in [-0.05, 0) is 46.1 Å². The Bertz CT molecular complexity index is 1260. The van der Waals surface area contributed by atoms with Gasteiger partial charge in [-0.25, -0.2) is 15.0 Å². The number of ether oxygens (including phenoxy) is 2. The fourth-order valence-electron chi connectivity index (χ4n) is 3.28. The fraction of sp³-hybridized carbons (Fsp3) is 0.150. The van der Waals surface area contributed by atoms with Crippen LogP contribution in [0.3, 0.4) is 0 Å². The van der Waals surface area contributed by atoms with Crippen LogP contribution >= 0.6 is 27.7 Å². The molecule has 1 aliphatic rings. The van der Waals surface area contributed by atoms with Crippen LogP contribution < -0.4 is 20.9 Å². The van der Waals surface area contributed by atoms with Crippen molar-refractivity contribution in [3.05, 3.63) is 52.8 Å². The lowest BCUT2D eigenvalue weighted by Gasteiger charge is -2.11. The first-order chi connectivity index (χ1) is 14.6. The first kappa shape index (κ1) is 19.0. The summed E-state index contributed by atoms with van der Waals surface area (Å²) in [6.45, 7) is 0.866. The molecule has 4 aromatic rings. The maximum absolute atomic E-state index is 6.12. The third-order valence-electron chi connectivity index (χ3n) is 4.81. The monoisotopic (exact) mass is 484 g/mol. The molecule has 0 saturated heterocycles. The predicted molar refractivity (Wildman–Crippen MR) is 119 cm³/mol. The minimum absolute atomic E-state index is 0.221. The molecular weight excluding hydrogens is 468 g/mol. The molecule has 5 rings (SSSR count). The van der Waals surface area contributed by atoms with Gasteiger partial charge in [-0.2, -0.15) is 0 Å². The summed E-state index contributed by atoms with van der Waals surface area (Å²) < 4.78 is 13.9. The van der Waals surface area contributed by atoms with E-state index < -0.39 is 0 Å². The van der Waals surface area contributed by atoms with Crippen LogP contribution in [0.15, 0.2) is 57.3 Å². The fourth-order valence-corrected chi connectivity index (χ4v) is 4.79. The molecular formula is C20H17BrN6O2S. The molecule has 0 saturated carbocycles. The molecule has 0 spiro atoms. The Labute approximate surface area is 184 Å². The molecule has 8 nitrogen and oxygen atoms in total. The number of nitrogen functional groups attached to an aromatic ring is 2. The average molecular weight is 485 g/mol. The van der Waals surface area contributed by atoms with Crippen LogP contribution in [0.2, 0.25) is 0 Å². The van der Waals surface area contributed by atoms with Gasteiger partial charge in [-0.15, -0.1) is 0 Å². The molecule has 4 N–H and O–H groups in total. The van der Waals surface area contributed by atoms with E-state index in [0.717, 1.165) is 37.9 Å². The van der Waals surface area contributed by atoms with Crippen molar-refractivity contribution in [2.24, 2.45) is 0 Å². The van der Waals surface area contributed by atoms with Gasteiger partial charge in [0.1, 0.15) is 6.33 Å². The van der Waals surface area contributed by atoms with E-state index in [9.17, 15) is 0 Å². The highest BCUT2D eigenvalue weighted by atomic mass is 79.9. The van der Waals surface area contributed by atoms with Gasteiger partial charge >= 0.3 is 0 Å². The second-order valence-electron chi connectivity index (χ2n) is 6.66. The first-order valence-electron chi connectivity index (χ1n) is 9.17. The van der Waals surface area contributed by atoms with E-state index in [-0.39, 0.29) is 6.79 Å². The quantitative estimate of drug-likeness (QED) is 0.410. The molecule has 0 unspecified atom stereocenters. The van der Waals surface area contributed by atoms with Crippen LogP contribution in [0.4, 0.5) is 11.5 Å². The molecule has 2 aromatic carbocycles. The van der Waals surface area contributed by atoms with Crippen LogP contribution in [0.5, 0.6) is 11.5 Å². The van der Waals surface area contributed by atoms with E-state index >= 15 is 0 Å². The molecule has 1 aliphatic heterocycles. The summed E-state index contributed by atoms with van der Waals surface area (Å²) >= 11 is 5.11. The van der Waals surface area contributed by atoms with Gasteiger partial charge in [-0.1, -0.05) is 30.0 Å². The Morgan fingerprint density at radius 3 is 2.73 bits per heavy atom. The highest BCUT2D eigenvalue weighted by Crippen LogP contribution is 2.43. The van der Waals surface area contributed by atoms with E-state index in [1.54, 1.807) is 0 Å². The number of nitrogens with two attached hydrogens (primary N) is 2. The number of benzene rings is 2. The van der Waals surface area contributed by atoms with Gasteiger partial charge in [0.05, 0.1) is 0 Å². The topological polar surface area (TPSA) is 114 Å². The largest absolute Gasteiger partial charge is 0.454 e. The van der Waals surface area contributed by atoms with Crippen molar-refractivity contribution in [3.63, 3.8) is 0 Å². The Kier molecular flexibility index (Phi) is 4.87. The molecule has 0 aliphatic carbocycles. The Morgan fingerprint density at radius 1 is 1.10 bits per heavy atom. The number of imidazole rings is 1.